The van der Waals surface area contributed by atoms with Gasteiger partial charge in [-0.3, -0.25) is 0 Å². The fourth-order valence-corrected chi connectivity index (χ4v) is 16.1. The normalized spacial score (nSPS) is 11.5. The molecule has 0 fully saturated rings. The third-order valence-electron chi connectivity index (χ3n) is 20.0. The molecule has 18 rings (SSSR count). The SMILES string of the molecule is c1ccc(C(Oc2ccc3ccccc3c2-c2c(OP(Oc3ccc4ccccc4c3-c3c(OC(c4ccccc4)c4ccccc4)ccc4ccccc34)Oc3ccc4ccccc4c3-c3c(OC(c4ccccc4)c4ccccc4)ccc4ccccc34)ccc3ccccc23)c2ccccc2)cc1. The Balaban J connectivity index is 0.880. The molecule has 18 aromatic rings. The van der Waals surface area contributed by atoms with Gasteiger partial charge in [0.15, 0.2) is 0 Å². The molecule has 7 heteroatoms. The van der Waals surface area contributed by atoms with Gasteiger partial charge in [-0.25, -0.2) is 0 Å². The fourth-order valence-electron chi connectivity index (χ4n) is 15.0. The van der Waals surface area contributed by atoms with Gasteiger partial charge >= 0.3 is 8.60 Å². The molecular weight excluding hydrogens is 1320 g/mol. The van der Waals surface area contributed by atoms with E-state index >= 15 is 0 Å². The monoisotopic (exact) mass is 1380 g/mol. The van der Waals surface area contributed by atoms with Crippen molar-refractivity contribution >= 4 is 73.2 Å². The van der Waals surface area contributed by atoms with Crippen LogP contribution in [0.4, 0.5) is 0 Å². The summed E-state index contributed by atoms with van der Waals surface area (Å²) < 4.78 is 46.8. The van der Waals surface area contributed by atoms with Crippen molar-refractivity contribution in [2.45, 2.75) is 18.3 Å². The van der Waals surface area contributed by atoms with E-state index in [1.807, 2.05) is 36.4 Å². The number of fused-ring (bicyclic) bond motifs is 6. The Bertz CT molecular complexity index is 5460. The Morgan fingerprint density at radius 3 is 0.509 bits per heavy atom. The summed E-state index contributed by atoms with van der Waals surface area (Å²) >= 11 is 0. The molecule has 0 aromatic heterocycles. The molecule has 0 radical (unpaired) electrons. The molecule has 0 aliphatic heterocycles. The summed E-state index contributed by atoms with van der Waals surface area (Å²) in [6.07, 6.45) is -1.46. The highest BCUT2D eigenvalue weighted by molar-refractivity contribution is 7.43. The first-order chi connectivity index (χ1) is 52.6. The van der Waals surface area contributed by atoms with Crippen LogP contribution in [-0.4, -0.2) is 0 Å². The second-order valence-electron chi connectivity index (χ2n) is 26.4. The molecule has 0 amide bonds. The maximum atomic E-state index is 8.00. The van der Waals surface area contributed by atoms with E-state index in [0.717, 1.165) is 131 Å². The Hall–Kier alpha value is -13.3. The van der Waals surface area contributed by atoms with Crippen molar-refractivity contribution in [1.29, 1.82) is 0 Å². The van der Waals surface area contributed by atoms with Crippen molar-refractivity contribution in [1.82, 2.24) is 0 Å². The first-order valence-electron chi connectivity index (χ1n) is 35.9. The van der Waals surface area contributed by atoms with Crippen LogP contribution in [0.3, 0.4) is 0 Å². The fraction of sp³-hybridized carbons (Fsp3) is 0.0303. The molecule has 0 N–H and O–H groups in total. The molecular formula is C99H69O6P. The molecule has 0 saturated heterocycles. The minimum absolute atomic E-state index is 0.486. The van der Waals surface area contributed by atoms with Crippen molar-refractivity contribution in [2.75, 3.05) is 0 Å². The zero-order valence-corrected chi connectivity index (χ0v) is 58.6. The Kier molecular flexibility index (Phi) is 17.9. The second-order valence-corrected chi connectivity index (χ2v) is 27.4. The van der Waals surface area contributed by atoms with Gasteiger partial charge in [0.1, 0.15) is 52.8 Å². The van der Waals surface area contributed by atoms with Gasteiger partial charge in [-0.05, 0) is 134 Å². The van der Waals surface area contributed by atoms with E-state index in [0.29, 0.717) is 34.5 Å². The molecule has 0 aliphatic carbocycles. The summed E-state index contributed by atoms with van der Waals surface area (Å²) in [5, 5.41) is 11.9. The van der Waals surface area contributed by atoms with Crippen LogP contribution in [0.1, 0.15) is 51.7 Å². The molecule has 0 spiro atoms. The van der Waals surface area contributed by atoms with Gasteiger partial charge in [-0.1, -0.05) is 364 Å². The maximum absolute atomic E-state index is 8.00. The summed E-state index contributed by atoms with van der Waals surface area (Å²) in [5.41, 5.74) is 11.0. The summed E-state index contributed by atoms with van der Waals surface area (Å²) in [6, 6.07) is 139. The third kappa shape index (κ3) is 12.8. The average Bonchev–Trinajstić information content (AvgIpc) is 0.756. The predicted molar refractivity (Wildman–Crippen MR) is 436 cm³/mol. The van der Waals surface area contributed by atoms with Crippen molar-refractivity contribution < 1.29 is 27.8 Å². The lowest BCUT2D eigenvalue weighted by Gasteiger charge is -2.27. The molecule has 0 unspecified atom stereocenters. The van der Waals surface area contributed by atoms with E-state index in [4.69, 9.17) is 27.8 Å². The van der Waals surface area contributed by atoms with E-state index in [1.165, 1.54) is 0 Å². The minimum Gasteiger partial charge on any atom is -0.480 e. The Labute approximate surface area is 617 Å². The highest BCUT2D eigenvalue weighted by Crippen LogP contribution is 2.57. The molecule has 6 nitrogen and oxygen atoms in total. The highest BCUT2D eigenvalue weighted by Gasteiger charge is 2.33. The van der Waals surface area contributed by atoms with Crippen LogP contribution in [0.2, 0.25) is 0 Å². The average molecular weight is 1390 g/mol. The van der Waals surface area contributed by atoms with Gasteiger partial charge in [-0.2, -0.15) is 0 Å². The van der Waals surface area contributed by atoms with Crippen molar-refractivity contribution in [3.8, 4) is 67.9 Å². The number of rotatable bonds is 21. The number of hydrogen-bond acceptors (Lipinski definition) is 6. The van der Waals surface area contributed by atoms with Crippen LogP contribution < -0.4 is 27.8 Å². The van der Waals surface area contributed by atoms with Gasteiger partial charge in [0.25, 0.3) is 0 Å². The molecule has 0 atom stereocenters. The van der Waals surface area contributed by atoms with Crippen LogP contribution >= 0.6 is 8.60 Å². The van der Waals surface area contributed by atoms with Gasteiger partial charge < -0.3 is 27.8 Å². The first-order valence-corrected chi connectivity index (χ1v) is 36.9. The maximum Gasteiger partial charge on any atom is 0.530 e. The van der Waals surface area contributed by atoms with E-state index in [9.17, 15) is 0 Å². The van der Waals surface area contributed by atoms with Crippen LogP contribution in [0.25, 0.3) is 98.0 Å². The number of ether oxygens (including phenoxy) is 3. The van der Waals surface area contributed by atoms with Crippen LogP contribution in [0.5, 0.6) is 34.5 Å². The van der Waals surface area contributed by atoms with Crippen molar-refractivity contribution in [3.05, 3.63) is 434 Å². The summed E-state index contributed by atoms with van der Waals surface area (Å²) in [5.74, 6) is 3.53. The Morgan fingerprint density at radius 2 is 0.311 bits per heavy atom. The zero-order chi connectivity index (χ0) is 70.5. The summed E-state index contributed by atoms with van der Waals surface area (Å²) in [7, 11) is -2.62. The van der Waals surface area contributed by atoms with Crippen LogP contribution in [0, 0.1) is 0 Å². The molecule has 18 aromatic carbocycles. The van der Waals surface area contributed by atoms with Crippen molar-refractivity contribution in [2.24, 2.45) is 0 Å². The molecule has 0 heterocycles. The molecule has 106 heavy (non-hydrogen) atoms. The summed E-state index contributed by atoms with van der Waals surface area (Å²) in [6.45, 7) is 0. The molecule has 0 saturated carbocycles. The lowest BCUT2D eigenvalue weighted by molar-refractivity contribution is 0.248. The lowest BCUT2D eigenvalue weighted by Crippen LogP contribution is -2.11. The van der Waals surface area contributed by atoms with Gasteiger partial charge in [0.05, 0.1) is 0 Å². The lowest BCUT2D eigenvalue weighted by atomic mass is 9.92. The van der Waals surface area contributed by atoms with E-state index < -0.39 is 26.9 Å². The largest absolute Gasteiger partial charge is 0.530 e. The van der Waals surface area contributed by atoms with E-state index in [-0.39, 0.29) is 0 Å². The predicted octanol–water partition coefficient (Wildman–Crippen LogP) is 26.9. The zero-order valence-electron chi connectivity index (χ0n) is 57.7. The smallest absolute Gasteiger partial charge is 0.480 e. The van der Waals surface area contributed by atoms with Crippen molar-refractivity contribution in [3.63, 3.8) is 0 Å². The molecule has 506 valence electrons. The summed E-state index contributed by atoms with van der Waals surface area (Å²) in [4.78, 5) is 0. The number of hydrogen-bond donors (Lipinski definition) is 0. The minimum atomic E-state index is -2.62. The van der Waals surface area contributed by atoms with Crippen LogP contribution in [-0.2, 0) is 0 Å². The van der Waals surface area contributed by atoms with E-state index in [2.05, 4.69) is 364 Å². The third-order valence-corrected chi connectivity index (χ3v) is 21.0. The van der Waals surface area contributed by atoms with Gasteiger partial charge in [-0.15, -0.1) is 0 Å². The first kappa shape index (κ1) is 64.8. The number of benzene rings is 18. The van der Waals surface area contributed by atoms with Gasteiger partial charge in [0.2, 0.25) is 0 Å². The van der Waals surface area contributed by atoms with Crippen LogP contribution in [0.15, 0.2) is 400 Å². The van der Waals surface area contributed by atoms with E-state index in [1.54, 1.807) is 0 Å². The quantitative estimate of drug-likeness (QED) is 0.0668. The Morgan fingerprint density at radius 1 is 0.151 bits per heavy atom. The van der Waals surface area contributed by atoms with Gasteiger partial charge in [0, 0.05) is 33.4 Å². The molecule has 0 aliphatic rings. The molecule has 0 bridgehead atoms. The standard InChI is InChI=1S/C99H69O6P/c1-7-37-73(38-8-1)97(74-39-9-2-10-40-74)100-85-61-55-67-31-19-25-49-79(67)91(85)94-82-52-28-22-34-70(82)58-64-88(94)103-106(104-89-65-59-71-35-23-29-53-83(71)95(89)92-80-50-26-20-32-68(80)56-62-86(92)101-98(75-41-11-3-12-42-75)76-43-13-4-14-44-76)105-90-66-60-72-36-24-30-54-84(72)96(90)93-81-51-27-21-33-69(81)57-63-87(93)102-99(77-45-15-5-16-46-77)78-47-17-6-18-48-78/h1-66,97-99H. The highest BCUT2D eigenvalue weighted by atomic mass is 31.2. The topological polar surface area (TPSA) is 55.4 Å². The second kappa shape index (κ2) is 29.2.